The lowest BCUT2D eigenvalue weighted by molar-refractivity contribution is 0.289. The smallest absolute Gasteiger partial charge is 0.0441 e. The van der Waals surface area contributed by atoms with Gasteiger partial charge in [0.15, 0.2) is 0 Å². The fourth-order valence-electron chi connectivity index (χ4n) is 1.92. The van der Waals surface area contributed by atoms with Crippen LogP contribution in [0.5, 0.6) is 0 Å². The van der Waals surface area contributed by atoms with Gasteiger partial charge in [-0.05, 0) is 31.9 Å². The van der Waals surface area contributed by atoms with Crippen molar-refractivity contribution in [2.45, 2.75) is 44.9 Å². The average molecular weight is 281 g/mol. The monoisotopic (exact) mass is 281 g/mol. The minimum absolute atomic E-state index is 0.283. The van der Waals surface area contributed by atoms with E-state index in [1.54, 1.807) is 0 Å². The van der Waals surface area contributed by atoms with Gasteiger partial charge >= 0.3 is 0 Å². The van der Waals surface area contributed by atoms with Crippen molar-refractivity contribution in [2.24, 2.45) is 0 Å². The Morgan fingerprint density at radius 2 is 1.95 bits per heavy atom. The Bertz CT molecular complexity index is 339. The number of nitrogens with one attached hydrogen (secondary N) is 1. The van der Waals surface area contributed by atoms with Gasteiger partial charge in [0, 0.05) is 23.7 Å². The Balaban J connectivity index is 2.58. The molecule has 0 aliphatic heterocycles. The van der Waals surface area contributed by atoms with Crippen molar-refractivity contribution in [3.63, 3.8) is 0 Å². The highest BCUT2D eigenvalue weighted by Crippen LogP contribution is 2.23. The molecule has 2 N–H and O–H groups in total. The molecule has 0 heterocycles. The van der Waals surface area contributed by atoms with E-state index in [-0.39, 0.29) is 6.61 Å². The standard InChI is InChI=1S/C16H27NOS/c1-4-10-17-16(12-19-14(3)9-11-18)15-7-5-13(2)6-8-15/h5-8,14,16-18H,4,9-12H2,1-3H3. The normalized spacial score (nSPS) is 14.3. The number of hydrogen-bond donors (Lipinski definition) is 2. The van der Waals surface area contributed by atoms with E-state index >= 15 is 0 Å². The van der Waals surface area contributed by atoms with Gasteiger partial charge in [-0.25, -0.2) is 0 Å². The molecule has 0 amide bonds. The second kappa shape index (κ2) is 9.40. The largest absolute Gasteiger partial charge is 0.396 e. The van der Waals surface area contributed by atoms with Crippen LogP contribution in [0.3, 0.4) is 0 Å². The lowest BCUT2D eigenvalue weighted by Gasteiger charge is -2.21. The first-order valence-corrected chi connectivity index (χ1v) is 8.24. The summed E-state index contributed by atoms with van der Waals surface area (Å²) in [6.07, 6.45) is 2.03. The van der Waals surface area contributed by atoms with Crippen LogP contribution in [0.4, 0.5) is 0 Å². The van der Waals surface area contributed by atoms with Gasteiger partial charge in [0.1, 0.15) is 0 Å². The third-order valence-corrected chi connectivity index (χ3v) is 4.53. The molecule has 2 nitrogen and oxygen atoms in total. The second-order valence-electron chi connectivity index (χ2n) is 5.07. The Hall–Kier alpha value is -0.510. The van der Waals surface area contributed by atoms with Crippen molar-refractivity contribution in [1.29, 1.82) is 0 Å². The molecule has 108 valence electrons. The Labute approximate surface area is 122 Å². The molecule has 2 atom stereocenters. The van der Waals surface area contributed by atoms with Gasteiger partial charge in [-0.1, -0.05) is 43.7 Å². The third kappa shape index (κ3) is 6.46. The lowest BCUT2D eigenvalue weighted by Crippen LogP contribution is -2.25. The molecule has 0 fully saturated rings. The highest BCUT2D eigenvalue weighted by atomic mass is 32.2. The molecule has 0 aliphatic rings. The predicted octanol–water partition coefficient (Wildman–Crippen LogP) is 3.54. The second-order valence-corrected chi connectivity index (χ2v) is 6.55. The van der Waals surface area contributed by atoms with Gasteiger partial charge in [0.25, 0.3) is 0 Å². The number of benzene rings is 1. The quantitative estimate of drug-likeness (QED) is 0.726. The van der Waals surface area contributed by atoms with Gasteiger partial charge in [-0.2, -0.15) is 11.8 Å². The first-order chi connectivity index (χ1) is 9.17. The molecule has 3 heteroatoms. The summed E-state index contributed by atoms with van der Waals surface area (Å²) in [6.45, 7) is 7.84. The lowest BCUT2D eigenvalue weighted by atomic mass is 10.1. The molecule has 0 aromatic heterocycles. The maximum absolute atomic E-state index is 8.96. The van der Waals surface area contributed by atoms with Gasteiger partial charge in [-0.15, -0.1) is 0 Å². The summed E-state index contributed by atoms with van der Waals surface area (Å²) in [5.41, 5.74) is 2.67. The van der Waals surface area contributed by atoms with E-state index < -0.39 is 0 Å². The summed E-state index contributed by atoms with van der Waals surface area (Å²) in [4.78, 5) is 0. The van der Waals surface area contributed by atoms with Crippen LogP contribution in [0.1, 0.15) is 43.9 Å². The van der Waals surface area contributed by atoms with Crippen molar-refractivity contribution in [3.05, 3.63) is 35.4 Å². The molecule has 0 bridgehead atoms. The van der Waals surface area contributed by atoms with Crippen LogP contribution < -0.4 is 5.32 Å². The molecule has 0 spiro atoms. The Morgan fingerprint density at radius 3 is 2.53 bits per heavy atom. The number of hydrogen-bond acceptors (Lipinski definition) is 3. The number of thioether (sulfide) groups is 1. The van der Waals surface area contributed by atoms with Crippen LogP contribution in [0, 0.1) is 6.92 Å². The summed E-state index contributed by atoms with van der Waals surface area (Å²) in [5.74, 6) is 1.06. The third-order valence-electron chi connectivity index (χ3n) is 3.20. The maximum atomic E-state index is 8.96. The topological polar surface area (TPSA) is 32.3 Å². The summed E-state index contributed by atoms with van der Waals surface area (Å²) in [7, 11) is 0. The summed E-state index contributed by atoms with van der Waals surface area (Å²) < 4.78 is 0. The molecule has 0 saturated carbocycles. The molecular formula is C16H27NOS. The van der Waals surface area contributed by atoms with Crippen LogP contribution in [0.15, 0.2) is 24.3 Å². The van der Waals surface area contributed by atoms with Gasteiger partial charge in [0.05, 0.1) is 0 Å². The van der Waals surface area contributed by atoms with E-state index in [9.17, 15) is 0 Å². The van der Waals surface area contributed by atoms with E-state index in [1.165, 1.54) is 11.1 Å². The van der Waals surface area contributed by atoms with Crippen molar-refractivity contribution >= 4 is 11.8 Å². The summed E-state index contributed by atoms with van der Waals surface area (Å²) in [6, 6.07) is 9.21. The van der Waals surface area contributed by atoms with Crippen molar-refractivity contribution in [3.8, 4) is 0 Å². The van der Waals surface area contributed by atoms with E-state index in [4.69, 9.17) is 5.11 Å². The summed E-state index contributed by atoms with van der Waals surface area (Å²) >= 11 is 1.94. The molecule has 2 unspecified atom stereocenters. The molecule has 1 aromatic rings. The molecule has 0 saturated heterocycles. The van der Waals surface area contributed by atoms with E-state index in [2.05, 4.69) is 50.4 Å². The van der Waals surface area contributed by atoms with E-state index in [1.807, 2.05) is 11.8 Å². The van der Waals surface area contributed by atoms with Gasteiger partial charge < -0.3 is 10.4 Å². The van der Waals surface area contributed by atoms with Gasteiger partial charge in [0.2, 0.25) is 0 Å². The maximum Gasteiger partial charge on any atom is 0.0441 e. The van der Waals surface area contributed by atoms with Crippen LogP contribution in [0.2, 0.25) is 0 Å². The molecule has 0 radical (unpaired) electrons. The van der Waals surface area contributed by atoms with Crippen LogP contribution in [-0.4, -0.2) is 29.3 Å². The SMILES string of the molecule is CCCNC(CSC(C)CCO)c1ccc(C)cc1. The number of aliphatic hydroxyl groups excluding tert-OH is 1. The summed E-state index contributed by atoms with van der Waals surface area (Å²) in [5, 5.41) is 13.1. The van der Waals surface area contributed by atoms with Gasteiger partial charge in [-0.3, -0.25) is 0 Å². The highest BCUT2D eigenvalue weighted by molar-refractivity contribution is 7.99. The number of rotatable bonds is 9. The molecule has 1 rings (SSSR count). The zero-order chi connectivity index (χ0) is 14.1. The average Bonchev–Trinajstić information content (AvgIpc) is 2.40. The van der Waals surface area contributed by atoms with E-state index in [0.717, 1.165) is 25.1 Å². The van der Waals surface area contributed by atoms with Crippen LogP contribution in [0.25, 0.3) is 0 Å². The zero-order valence-electron chi connectivity index (χ0n) is 12.4. The molecule has 1 aromatic carbocycles. The number of aliphatic hydroxyl groups is 1. The first kappa shape index (κ1) is 16.5. The predicted molar refractivity (Wildman–Crippen MR) is 85.8 cm³/mol. The fourth-order valence-corrected chi connectivity index (χ4v) is 3.02. The van der Waals surface area contributed by atoms with Crippen LogP contribution in [-0.2, 0) is 0 Å². The van der Waals surface area contributed by atoms with Crippen molar-refractivity contribution < 1.29 is 5.11 Å². The Morgan fingerprint density at radius 1 is 1.26 bits per heavy atom. The minimum Gasteiger partial charge on any atom is -0.396 e. The van der Waals surface area contributed by atoms with E-state index in [0.29, 0.717) is 11.3 Å². The molecule has 0 aliphatic carbocycles. The zero-order valence-corrected chi connectivity index (χ0v) is 13.2. The number of aryl methyl sites for hydroxylation is 1. The fraction of sp³-hybridized carbons (Fsp3) is 0.625. The minimum atomic E-state index is 0.283. The molecular weight excluding hydrogens is 254 g/mol. The molecule has 19 heavy (non-hydrogen) atoms. The van der Waals surface area contributed by atoms with Crippen LogP contribution >= 0.6 is 11.8 Å². The first-order valence-electron chi connectivity index (χ1n) is 7.19. The Kier molecular flexibility index (Phi) is 8.19. The van der Waals surface area contributed by atoms with Crippen molar-refractivity contribution in [2.75, 3.05) is 18.9 Å². The van der Waals surface area contributed by atoms with Crippen molar-refractivity contribution in [1.82, 2.24) is 5.32 Å². The highest BCUT2D eigenvalue weighted by Gasteiger charge is 2.12.